The summed E-state index contributed by atoms with van der Waals surface area (Å²) in [4.78, 5) is 149. The average Bonchev–Trinajstić information content (AvgIpc) is 2.58. The maximum atomic E-state index is 13.3. The summed E-state index contributed by atoms with van der Waals surface area (Å²) in [6, 6.07) is 0. The van der Waals surface area contributed by atoms with Crippen LogP contribution in [0.2, 0.25) is 0 Å². The molecule has 19 N–H and O–H groups in total. The monoisotopic (exact) mass is 819 g/mol. The Labute approximate surface area is 244 Å². The molecule has 0 saturated carbocycles. The summed E-state index contributed by atoms with van der Waals surface area (Å²) in [5, 5.41) is 8.65. The highest BCUT2D eigenvalue weighted by atomic mass is 31.3. The van der Waals surface area contributed by atoms with Gasteiger partial charge in [0.1, 0.15) is 0 Å². The number of aliphatic hydroxyl groups excluding tert-OH is 1. The standard InChI is InChI=1S/C8H27NO26P8.H3N/c10-1-2-34-3-4-35-43(32,33)8(42(29,30)31)9(5(36(11,12)13)37(14,15)16,6(38(17,18)19)39(20,21)22)7(40(23,24)25)41(26,27)28;/h5-8,10H,1-4H2,(H14-,11,12,13,14,15,16,17,18,19,20,21,22,23,24,25,26,27,28,29,30,31,32,33);1H3/p+1. The Morgan fingerprint density at radius 1 is 0.432 bits per heavy atom. The molecular formula is C8H31N2O26P8+. The minimum Gasteiger partial charge on any atom is -0.394 e. The maximum Gasteiger partial charge on any atom is 0.398 e. The van der Waals surface area contributed by atoms with E-state index in [-0.39, 0.29) is 6.15 Å². The van der Waals surface area contributed by atoms with Gasteiger partial charge < -0.3 is 93.9 Å². The zero-order chi connectivity index (χ0) is 35.1. The van der Waals surface area contributed by atoms with Crippen molar-refractivity contribution in [1.82, 2.24) is 6.15 Å². The molecule has 0 aromatic heterocycles. The van der Waals surface area contributed by atoms with Gasteiger partial charge in [0, 0.05) is 0 Å². The number of quaternary nitrogens is 1. The van der Waals surface area contributed by atoms with Crippen molar-refractivity contribution in [2.75, 3.05) is 26.4 Å². The smallest absolute Gasteiger partial charge is 0.394 e. The molecule has 0 spiro atoms. The Morgan fingerprint density at radius 3 is 0.886 bits per heavy atom. The molecule has 0 rings (SSSR count). The Hall–Kier alpha value is 1.04. The lowest BCUT2D eigenvalue weighted by molar-refractivity contribution is -0.932. The molecular weight excluding hydrogens is 788 g/mol. The number of rotatable bonds is 18. The van der Waals surface area contributed by atoms with Crippen molar-refractivity contribution in [1.29, 1.82) is 0 Å². The van der Waals surface area contributed by atoms with Crippen LogP contribution in [-0.4, -0.2) is 132 Å². The number of aliphatic hydroxyl groups is 1. The second-order valence-corrected chi connectivity index (χ2v) is 23.3. The van der Waals surface area contributed by atoms with Gasteiger partial charge in [-0.05, 0) is 0 Å². The molecule has 0 saturated heterocycles. The van der Waals surface area contributed by atoms with E-state index >= 15 is 0 Å². The lowest BCUT2D eigenvalue weighted by Gasteiger charge is -2.54. The zero-order valence-electron chi connectivity index (χ0n) is 21.1. The van der Waals surface area contributed by atoms with Crippen LogP contribution < -0.4 is 6.15 Å². The van der Waals surface area contributed by atoms with Crippen molar-refractivity contribution in [3.05, 3.63) is 0 Å². The van der Waals surface area contributed by atoms with Gasteiger partial charge in [0.2, 0.25) is 0 Å². The van der Waals surface area contributed by atoms with Gasteiger partial charge in [-0.2, -0.15) is 0 Å². The molecule has 268 valence electrons. The molecule has 2 atom stereocenters. The first-order valence-corrected chi connectivity index (χ1v) is 23.3. The van der Waals surface area contributed by atoms with E-state index in [9.17, 15) is 110 Å². The Kier molecular flexibility index (Phi) is 16.4. The lowest BCUT2D eigenvalue weighted by Crippen LogP contribution is -2.69. The third-order valence-electron chi connectivity index (χ3n) is 4.74. The third-order valence-corrected chi connectivity index (χ3v) is 20.5. The van der Waals surface area contributed by atoms with Gasteiger partial charge in [0.25, 0.3) is 22.1 Å². The van der Waals surface area contributed by atoms with E-state index in [1.54, 1.807) is 0 Å². The lowest BCUT2D eigenvalue weighted by atomic mass is 10.7. The molecule has 0 aromatic carbocycles. The van der Waals surface area contributed by atoms with Crippen molar-refractivity contribution < 1.29 is 129 Å². The van der Waals surface area contributed by atoms with Crippen LogP contribution in [0.25, 0.3) is 0 Å². The van der Waals surface area contributed by atoms with E-state index in [1.165, 1.54) is 0 Å². The maximum absolute atomic E-state index is 13.3. The van der Waals surface area contributed by atoms with Crippen LogP contribution >= 0.6 is 60.8 Å². The molecule has 0 heterocycles. The summed E-state index contributed by atoms with van der Waals surface area (Å²) in [5.74, 6) is 0. The van der Waals surface area contributed by atoms with Gasteiger partial charge in [0.05, 0.1) is 26.4 Å². The fourth-order valence-corrected chi connectivity index (χ4v) is 20.8. The van der Waals surface area contributed by atoms with E-state index in [0.717, 1.165) is 0 Å². The second kappa shape index (κ2) is 15.3. The molecule has 2 unspecified atom stereocenters. The van der Waals surface area contributed by atoms with E-state index in [0.29, 0.717) is 0 Å². The predicted molar refractivity (Wildman–Crippen MR) is 138 cm³/mol. The largest absolute Gasteiger partial charge is 0.398 e. The number of ether oxygens (including phenoxy) is 1. The minimum atomic E-state index is -7.49. The highest BCUT2D eigenvalue weighted by molar-refractivity contribution is 7.75. The Bertz CT molecular complexity index is 1190. The zero-order valence-corrected chi connectivity index (χ0v) is 28.3. The highest BCUT2D eigenvalue weighted by Gasteiger charge is 2.85. The van der Waals surface area contributed by atoms with Gasteiger partial charge in [-0.25, -0.2) is 4.48 Å². The van der Waals surface area contributed by atoms with Crippen LogP contribution in [0.3, 0.4) is 0 Å². The first kappa shape index (κ1) is 47.2. The van der Waals surface area contributed by atoms with Crippen LogP contribution in [0.4, 0.5) is 0 Å². The molecule has 0 aliphatic rings. The minimum absolute atomic E-state index is 0. The van der Waals surface area contributed by atoms with Crippen molar-refractivity contribution in [2.45, 2.75) is 22.1 Å². The molecule has 28 nitrogen and oxygen atoms in total. The summed E-state index contributed by atoms with van der Waals surface area (Å²) in [5.41, 5.74) is -20.5. The van der Waals surface area contributed by atoms with Gasteiger partial charge in [-0.15, -0.1) is 0 Å². The predicted octanol–water partition coefficient (Wildman–Crippen LogP) is -3.45. The van der Waals surface area contributed by atoms with Gasteiger partial charge in [-0.1, -0.05) is 0 Å². The summed E-state index contributed by atoms with van der Waals surface area (Å²) >= 11 is 0. The van der Waals surface area contributed by atoms with Crippen LogP contribution in [0.1, 0.15) is 0 Å². The van der Waals surface area contributed by atoms with Crippen LogP contribution in [-0.2, 0) is 45.8 Å². The average molecular weight is 819 g/mol. The number of hydrogen-bond acceptors (Lipinski definition) is 12. The van der Waals surface area contributed by atoms with Crippen molar-refractivity contribution in [3.63, 3.8) is 0 Å². The normalized spacial score (nSPS) is 17.1. The van der Waals surface area contributed by atoms with Crippen LogP contribution in [0.15, 0.2) is 0 Å². The summed E-state index contributed by atoms with van der Waals surface area (Å²) in [6.07, 6.45) is 0. The highest BCUT2D eigenvalue weighted by Crippen LogP contribution is 2.84. The third kappa shape index (κ3) is 11.6. The first-order valence-electron chi connectivity index (χ1n) is 9.92. The van der Waals surface area contributed by atoms with E-state index < -0.39 is 114 Å². The summed E-state index contributed by atoms with van der Waals surface area (Å²) < 4.78 is 105. The van der Waals surface area contributed by atoms with Crippen molar-refractivity contribution in [3.8, 4) is 0 Å². The van der Waals surface area contributed by atoms with Crippen LogP contribution in [0, 0.1) is 0 Å². The molecule has 0 aliphatic carbocycles. The van der Waals surface area contributed by atoms with E-state index in [1.807, 2.05) is 0 Å². The molecule has 0 aromatic rings. The SMILES string of the molecule is N.O=P(O)(O)C([N+](C(P(=O)(O)O)P(=O)(O)O)(C(P(=O)(O)O)P(=O)(O)O)C(P(=O)(O)O)P(=O)(O)OCCOCCO)P(=O)(O)O. The summed E-state index contributed by atoms with van der Waals surface area (Å²) in [7, 11) is -59.6. The van der Waals surface area contributed by atoms with Crippen LogP contribution in [0.5, 0.6) is 0 Å². The van der Waals surface area contributed by atoms with Crippen molar-refractivity contribution in [2.24, 2.45) is 0 Å². The molecule has 0 bridgehead atoms. The van der Waals surface area contributed by atoms with Gasteiger partial charge in [-0.3, -0.25) is 36.5 Å². The molecule has 0 amide bonds. The number of hydrogen-bond donors (Lipinski definition) is 17. The molecule has 36 heteroatoms. The second-order valence-electron chi connectivity index (χ2n) is 8.14. The number of nitrogens with zero attached hydrogens (tertiary/aromatic N) is 1. The van der Waals surface area contributed by atoms with Gasteiger partial charge >= 0.3 is 60.8 Å². The van der Waals surface area contributed by atoms with Gasteiger partial charge in [0.15, 0.2) is 0 Å². The quantitative estimate of drug-likeness (QED) is 0.0363. The first-order chi connectivity index (χ1) is 18.5. The fourth-order valence-electron chi connectivity index (χ4n) is 4.03. The topological polar surface area (TPSA) is 514 Å². The Balaban J connectivity index is 0. The Morgan fingerprint density at radius 2 is 0.682 bits per heavy atom. The molecule has 0 aliphatic heterocycles. The molecule has 44 heavy (non-hydrogen) atoms. The van der Waals surface area contributed by atoms with E-state index in [4.69, 9.17) is 5.11 Å². The fraction of sp³-hybridized carbons (Fsp3) is 1.00. The van der Waals surface area contributed by atoms with E-state index in [2.05, 4.69) is 9.26 Å². The molecule has 0 radical (unpaired) electrons. The molecule has 0 fully saturated rings. The summed E-state index contributed by atoms with van der Waals surface area (Å²) in [6.45, 7) is -3.89. The van der Waals surface area contributed by atoms with Crippen molar-refractivity contribution >= 4 is 60.8 Å².